The number of hydrogen-bond acceptors (Lipinski definition) is 5. The minimum absolute atomic E-state index is 0.0816. The molecule has 0 bridgehead atoms. The topological polar surface area (TPSA) is 92.4 Å². The second-order valence-corrected chi connectivity index (χ2v) is 5.89. The van der Waals surface area contributed by atoms with Crippen molar-refractivity contribution in [2.24, 2.45) is 0 Å². The lowest BCUT2D eigenvalue weighted by Gasteiger charge is -2.11. The molecule has 6 heteroatoms. The summed E-state index contributed by atoms with van der Waals surface area (Å²) >= 11 is 0. The maximum atomic E-state index is 11.4. The fraction of sp³-hybridized carbons (Fsp3) is 0.136. The van der Waals surface area contributed by atoms with Gasteiger partial charge in [-0.3, -0.25) is 4.98 Å². The van der Waals surface area contributed by atoms with Crippen LogP contribution >= 0.6 is 0 Å². The molecule has 0 radical (unpaired) electrons. The summed E-state index contributed by atoms with van der Waals surface area (Å²) in [5.74, 6) is 0.174. The lowest BCUT2D eigenvalue weighted by atomic mass is 10.0. The van der Waals surface area contributed by atoms with Gasteiger partial charge in [0.15, 0.2) is 0 Å². The molecular weight excluding hydrogens is 356 g/mol. The van der Waals surface area contributed by atoms with Crippen LogP contribution in [0.5, 0.6) is 11.5 Å². The summed E-state index contributed by atoms with van der Waals surface area (Å²) in [7, 11) is 0. The third-order valence-electron chi connectivity index (χ3n) is 3.97. The second kappa shape index (κ2) is 9.19. The average molecular weight is 374 g/mol. The van der Waals surface area contributed by atoms with Gasteiger partial charge in [0.1, 0.15) is 17.6 Å². The van der Waals surface area contributed by atoms with E-state index in [0.29, 0.717) is 42.2 Å². The van der Waals surface area contributed by atoms with Gasteiger partial charge in [-0.1, -0.05) is 18.2 Å². The molecule has 0 saturated heterocycles. The van der Waals surface area contributed by atoms with Crippen LogP contribution < -0.4 is 9.47 Å². The molecule has 0 fully saturated rings. The number of hydrogen-bond donors (Lipinski definition) is 1. The minimum Gasteiger partial charge on any atom is -0.493 e. The molecule has 0 spiro atoms. The highest BCUT2D eigenvalue weighted by atomic mass is 16.5. The van der Waals surface area contributed by atoms with E-state index >= 15 is 0 Å². The summed E-state index contributed by atoms with van der Waals surface area (Å²) < 4.78 is 11.3. The van der Waals surface area contributed by atoms with Crippen molar-refractivity contribution in [2.75, 3.05) is 13.2 Å². The first-order chi connectivity index (χ1) is 13.7. The summed E-state index contributed by atoms with van der Waals surface area (Å²) in [4.78, 5) is 15.5. The predicted octanol–water partition coefficient (Wildman–Crippen LogP) is 4.17. The number of ether oxygens (including phenoxy) is 2. The number of rotatable bonds is 8. The van der Waals surface area contributed by atoms with Gasteiger partial charge in [-0.05, 0) is 42.5 Å². The summed E-state index contributed by atoms with van der Waals surface area (Å²) in [6, 6.07) is 19.6. The number of aromatic carboxylic acids is 1. The van der Waals surface area contributed by atoms with Crippen LogP contribution in [0.25, 0.3) is 11.3 Å². The van der Waals surface area contributed by atoms with Crippen LogP contribution in [-0.4, -0.2) is 29.3 Å². The largest absolute Gasteiger partial charge is 0.493 e. The standard InChI is InChI=1S/C22H18N2O4/c23-15-17-14-16(21-19(22(25)26)8-4-11-24-21)9-10-20(17)28-13-5-12-27-18-6-2-1-3-7-18/h1-4,6-11,14H,5,12-13H2,(H,25,26). The highest BCUT2D eigenvalue weighted by Crippen LogP contribution is 2.27. The summed E-state index contributed by atoms with van der Waals surface area (Å²) in [5.41, 5.74) is 1.27. The molecule has 2 aromatic carbocycles. The molecule has 0 saturated carbocycles. The first-order valence-corrected chi connectivity index (χ1v) is 8.72. The van der Waals surface area contributed by atoms with E-state index in [9.17, 15) is 15.2 Å². The number of carboxylic acid groups (broad SMARTS) is 1. The molecule has 1 heterocycles. The SMILES string of the molecule is N#Cc1cc(-c2ncccc2C(=O)O)ccc1OCCCOc1ccccc1. The number of para-hydroxylation sites is 1. The maximum absolute atomic E-state index is 11.4. The van der Waals surface area contributed by atoms with Gasteiger partial charge >= 0.3 is 5.97 Å². The van der Waals surface area contributed by atoms with Crippen LogP contribution in [0.1, 0.15) is 22.3 Å². The molecular formula is C22H18N2O4. The molecule has 0 amide bonds. The molecule has 0 aliphatic heterocycles. The van der Waals surface area contributed by atoms with E-state index in [0.717, 1.165) is 5.75 Å². The van der Waals surface area contributed by atoms with Crippen molar-refractivity contribution in [1.29, 1.82) is 5.26 Å². The van der Waals surface area contributed by atoms with E-state index in [1.807, 2.05) is 30.3 Å². The maximum Gasteiger partial charge on any atom is 0.337 e. The van der Waals surface area contributed by atoms with Crippen molar-refractivity contribution in [3.63, 3.8) is 0 Å². The number of nitrogens with zero attached hydrogens (tertiary/aromatic N) is 2. The van der Waals surface area contributed by atoms with Gasteiger partial charge in [0.05, 0.1) is 30.0 Å². The Bertz CT molecular complexity index is 997. The normalized spacial score (nSPS) is 10.1. The molecule has 28 heavy (non-hydrogen) atoms. The number of aromatic nitrogens is 1. The zero-order valence-corrected chi connectivity index (χ0v) is 15.0. The molecule has 0 aliphatic rings. The summed E-state index contributed by atoms with van der Waals surface area (Å²) in [6.07, 6.45) is 2.18. The van der Waals surface area contributed by atoms with E-state index < -0.39 is 5.97 Å². The molecule has 0 atom stereocenters. The zero-order valence-electron chi connectivity index (χ0n) is 15.0. The molecule has 3 aromatic rings. The Kier molecular flexibility index (Phi) is 6.21. The van der Waals surface area contributed by atoms with E-state index in [4.69, 9.17) is 9.47 Å². The van der Waals surface area contributed by atoms with Gasteiger partial charge in [0.25, 0.3) is 0 Å². The van der Waals surface area contributed by atoms with Crippen LogP contribution in [0.15, 0.2) is 66.9 Å². The van der Waals surface area contributed by atoms with E-state index in [1.54, 1.807) is 24.3 Å². The monoisotopic (exact) mass is 374 g/mol. The van der Waals surface area contributed by atoms with Crippen molar-refractivity contribution < 1.29 is 19.4 Å². The molecule has 1 N–H and O–H groups in total. The average Bonchev–Trinajstić information content (AvgIpc) is 2.74. The molecule has 1 aromatic heterocycles. The Labute approximate surface area is 162 Å². The first kappa shape index (κ1) is 18.9. The van der Waals surface area contributed by atoms with E-state index in [1.165, 1.54) is 12.3 Å². The van der Waals surface area contributed by atoms with E-state index in [-0.39, 0.29) is 5.56 Å². The highest BCUT2D eigenvalue weighted by Gasteiger charge is 2.14. The lowest BCUT2D eigenvalue weighted by molar-refractivity contribution is 0.0697. The van der Waals surface area contributed by atoms with Crippen LogP contribution in [0.2, 0.25) is 0 Å². The number of nitriles is 1. The fourth-order valence-corrected chi connectivity index (χ4v) is 2.65. The zero-order chi connectivity index (χ0) is 19.8. The van der Waals surface area contributed by atoms with Crippen molar-refractivity contribution >= 4 is 5.97 Å². The van der Waals surface area contributed by atoms with Crippen molar-refractivity contribution in [3.8, 4) is 28.8 Å². The Morgan fingerprint density at radius 1 is 1.04 bits per heavy atom. The van der Waals surface area contributed by atoms with E-state index in [2.05, 4.69) is 11.1 Å². The van der Waals surface area contributed by atoms with Crippen molar-refractivity contribution in [2.45, 2.75) is 6.42 Å². The van der Waals surface area contributed by atoms with Crippen molar-refractivity contribution in [3.05, 3.63) is 78.0 Å². The number of benzene rings is 2. The quantitative estimate of drug-likeness (QED) is 0.595. The van der Waals surface area contributed by atoms with Crippen LogP contribution in [-0.2, 0) is 0 Å². The van der Waals surface area contributed by atoms with Gasteiger partial charge in [-0.15, -0.1) is 0 Å². The van der Waals surface area contributed by atoms with Gasteiger partial charge in [0.2, 0.25) is 0 Å². The van der Waals surface area contributed by atoms with Gasteiger partial charge < -0.3 is 14.6 Å². The van der Waals surface area contributed by atoms with Crippen LogP contribution in [0.3, 0.4) is 0 Å². The highest BCUT2D eigenvalue weighted by molar-refractivity contribution is 5.94. The number of pyridine rings is 1. The van der Waals surface area contributed by atoms with Crippen molar-refractivity contribution in [1.82, 2.24) is 4.98 Å². The molecule has 3 rings (SSSR count). The third kappa shape index (κ3) is 4.65. The molecule has 140 valence electrons. The minimum atomic E-state index is -1.07. The molecule has 6 nitrogen and oxygen atoms in total. The van der Waals surface area contributed by atoms with Gasteiger partial charge in [0, 0.05) is 18.2 Å². The van der Waals surface area contributed by atoms with Gasteiger partial charge in [-0.2, -0.15) is 5.26 Å². The van der Waals surface area contributed by atoms with Crippen LogP contribution in [0, 0.1) is 11.3 Å². The number of carbonyl (C=O) groups is 1. The van der Waals surface area contributed by atoms with Gasteiger partial charge in [-0.25, -0.2) is 4.79 Å². The van der Waals surface area contributed by atoms with Crippen LogP contribution in [0.4, 0.5) is 0 Å². The predicted molar refractivity (Wildman–Crippen MR) is 103 cm³/mol. The molecule has 0 unspecified atom stereocenters. The Balaban J connectivity index is 1.64. The first-order valence-electron chi connectivity index (χ1n) is 8.72. The summed E-state index contributed by atoms with van der Waals surface area (Å²) in [5, 5.41) is 18.7. The Morgan fingerprint density at radius 3 is 2.57 bits per heavy atom. The Morgan fingerprint density at radius 2 is 1.82 bits per heavy atom. The smallest absolute Gasteiger partial charge is 0.337 e. The third-order valence-corrected chi connectivity index (χ3v) is 3.97. The second-order valence-electron chi connectivity index (χ2n) is 5.89. The lowest BCUT2D eigenvalue weighted by Crippen LogP contribution is -2.06. The Hall–Kier alpha value is -3.85. The molecule has 0 aliphatic carbocycles. The fourth-order valence-electron chi connectivity index (χ4n) is 2.65. The summed E-state index contributed by atoms with van der Waals surface area (Å²) in [6.45, 7) is 0.894. The number of carboxylic acids is 1.